The molecule has 0 aliphatic carbocycles. The Morgan fingerprint density at radius 3 is 2.38 bits per heavy atom. The standard InChI is InChI=1S/C18H16N2O4/c1-24-16-15(11-21)12(8-9-19-16)5-4-10-20-17(22)13-6-2-3-7-14(13)18(20)23/h2-3,6-9,11H,4-5,10H2,1H3. The van der Waals surface area contributed by atoms with Gasteiger partial charge in [0.1, 0.15) is 0 Å². The Morgan fingerprint density at radius 1 is 1.12 bits per heavy atom. The number of rotatable bonds is 6. The maximum absolute atomic E-state index is 12.3. The molecule has 2 heterocycles. The van der Waals surface area contributed by atoms with Gasteiger partial charge in [-0.2, -0.15) is 0 Å². The highest BCUT2D eigenvalue weighted by Crippen LogP contribution is 2.23. The van der Waals surface area contributed by atoms with Gasteiger partial charge in [0, 0.05) is 12.7 Å². The molecule has 122 valence electrons. The first kappa shape index (κ1) is 15.9. The molecule has 24 heavy (non-hydrogen) atoms. The van der Waals surface area contributed by atoms with Gasteiger partial charge < -0.3 is 4.74 Å². The number of ether oxygens (including phenoxy) is 1. The number of aryl methyl sites for hydroxylation is 1. The molecule has 2 aromatic rings. The number of hydrogen-bond acceptors (Lipinski definition) is 5. The number of aldehydes is 1. The van der Waals surface area contributed by atoms with Crippen LogP contribution >= 0.6 is 0 Å². The third kappa shape index (κ3) is 2.67. The largest absolute Gasteiger partial charge is 0.480 e. The number of pyridine rings is 1. The van der Waals surface area contributed by atoms with E-state index in [1.165, 1.54) is 12.0 Å². The average molecular weight is 324 g/mol. The Kier molecular flexibility index (Phi) is 4.37. The molecule has 6 heteroatoms. The zero-order valence-electron chi connectivity index (χ0n) is 13.2. The van der Waals surface area contributed by atoms with Crippen molar-refractivity contribution < 1.29 is 19.1 Å². The van der Waals surface area contributed by atoms with Crippen molar-refractivity contribution >= 4 is 18.1 Å². The Balaban J connectivity index is 1.69. The summed E-state index contributed by atoms with van der Waals surface area (Å²) in [5.41, 5.74) is 2.08. The second kappa shape index (κ2) is 6.62. The summed E-state index contributed by atoms with van der Waals surface area (Å²) >= 11 is 0. The lowest BCUT2D eigenvalue weighted by molar-refractivity contribution is 0.0652. The summed E-state index contributed by atoms with van der Waals surface area (Å²) in [6.45, 7) is 0.301. The van der Waals surface area contributed by atoms with E-state index in [2.05, 4.69) is 4.98 Å². The maximum atomic E-state index is 12.3. The highest BCUT2D eigenvalue weighted by atomic mass is 16.5. The van der Waals surface area contributed by atoms with Gasteiger partial charge in [0.25, 0.3) is 11.8 Å². The van der Waals surface area contributed by atoms with E-state index in [1.807, 2.05) is 0 Å². The first-order valence-corrected chi connectivity index (χ1v) is 7.59. The van der Waals surface area contributed by atoms with Crippen molar-refractivity contribution in [3.8, 4) is 5.88 Å². The molecule has 1 aromatic carbocycles. The van der Waals surface area contributed by atoms with E-state index in [-0.39, 0.29) is 17.7 Å². The third-order valence-corrected chi connectivity index (χ3v) is 4.06. The minimum absolute atomic E-state index is 0.265. The molecular weight excluding hydrogens is 308 g/mol. The van der Waals surface area contributed by atoms with Gasteiger partial charge in [-0.05, 0) is 36.6 Å². The van der Waals surface area contributed by atoms with Gasteiger partial charge in [0.2, 0.25) is 5.88 Å². The van der Waals surface area contributed by atoms with Gasteiger partial charge in [-0.15, -0.1) is 0 Å². The van der Waals surface area contributed by atoms with E-state index in [9.17, 15) is 14.4 Å². The van der Waals surface area contributed by atoms with Crippen LogP contribution in [0.15, 0.2) is 36.5 Å². The van der Waals surface area contributed by atoms with Crippen LogP contribution in [-0.2, 0) is 6.42 Å². The molecule has 0 saturated heterocycles. The number of hydrogen-bond donors (Lipinski definition) is 0. The van der Waals surface area contributed by atoms with E-state index in [0.29, 0.717) is 42.4 Å². The van der Waals surface area contributed by atoms with Crippen molar-refractivity contribution in [2.75, 3.05) is 13.7 Å². The Hall–Kier alpha value is -3.02. The third-order valence-electron chi connectivity index (χ3n) is 4.06. The van der Waals surface area contributed by atoms with Crippen molar-refractivity contribution in [3.63, 3.8) is 0 Å². The highest BCUT2D eigenvalue weighted by Gasteiger charge is 2.34. The van der Waals surface area contributed by atoms with Gasteiger partial charge in [0.05, 0.1) is 23.8 Å². The van der Waals surface area contributed by atoms with Crippen LogP contribution in [0.25, 0.3) is 0 Å². The van der Waals surface area contributed by atoms with E-state index in [4.69, 9.17) is 4.74 Å². The lowest BCUT2D eigenvalue weighted by Crippen LogP contribution is -2.31. The van der Waals surface area contributed by atoms with Crippen LogP contribution in [0.5, 0.6) is 5.88 Å². The lowest BCUT2D eigenvalue weighted by atomic mass is 10.1. The quantitative estimate of drug-likeness (QED) is 0.601. The van der Waals surface area contributed by atoms with Gasteiger partial charge in [-0.3, -0.25) is 19.3 Å². The van der Waals surface area contributed by atoms with E-state index in [1.54, 1.807) is 36.5 Å². The fraction of sp³-hybridized carbons (Fsp3) is 0.222. The molecule has 2 amide bonds. The zero-order chi connectivity index (χ0) is 17.1. The number of fused-ring (bicyclic) bond motifs is 1. The fourth-order valence-electron chi connectivity index (χ4n) is 2.87. The molecule has 0 fully saturated rings. The van der Waals surface area contributed by atoms with Gasteiger partial charge in [0.15, 0.2) is 6.29 Å². The molecule has 0 N–H and O–H groups in total. The first-order valence-electron chi connectivity index (χ1n) is 7.59. The number of amides is 2. The first-order chi connectivity index (χ1) is 11.7. The summed E-state index contributed by atoms with van der Waals surface area (Å²) in [4.78, 5) is 41.1. The molecular formula is C18H16N2O4. The van der Waals surface area contributed by atoms with Crippen molar-refractivity contribution in [1.82, 2.24) is 9.88 Å². The SMILES string of the molecule is COc1nccc(CCCN2C(=O)c3ccccc3C2=O)c1C=O. The molecule has 0 spiro atoms. The Bertz CT molecular complexity index is 781. The minimum Gasteiger partial charge on any atom is -0.480 e. The molecule has 3 rings (SSSR count). The molecule has 0 unspecified atom stereocenters. The van der Waals surface area contributed by atoms with Crippen molar-refractivity contribution in [2.24, 2.45) is 0 Å². The molecule has 1 aliphatic rings. The van der Waals surface area contributed by atoms with Gasteiger partial charge in [-0.1, -0.05) is 12.1 Å². The number of methoxy groups -OCH3 is 1. The van der Waals surface area contributed by atoms with Crippen LogP contribution in [0.2, 0.25) is 0 Å². The molecule has 6 nitrogen and oxygen atoms in total. The summed E-state index contributed by atoms with van der Waals surface area (Å²) < 4.78 is 5.07. The summed E-state index contributed by atoms with van der Waals surface area (Å²) in [7, 11) is 1.46. The number of imide groups is 1. The summed E-state index contributed by atoms with van der Waals surface area (Å²) in [5, 5.41) is 0. The number of carbonyl (C=O) groups excluding carboxylic acids is 3. The minimum atomic E-state index is -0.265. The van der Waals surface area contributed by atoms with Gasteiger partial charge in [-0.25, -0.2) is 4.98 Å². The van der Waals surface area contributed by atoms with Crippen molar-refractivity contribution in [3.05, 3.63) is 58.8 Å². The second-order valence-electron chi connectivity index (χ2n) is 5.42. The average Bonchev–Trinajstić information content (AvgIpc) is 2.86. The number of benzene rings is 1. The lowest BCUT2D eigenvalue weighted by Gasteiger charge is -2.14. The summed E-state index contributed by atoms with van der Waals surface area (Å²) in [6.07, 6.45) is 3.38. The normalized spacial score (nSPS) is 13.1. The van der Waals surface area contributed by atoms with E-state index < -0.39 is 0 Å². The molecule has 1 aliphatic heterocycles. The van der Waals surface area contributed by atoms with E-state index >= 15 is 0 Å². The van der Waals surface area contributed by atoms with Crippen LogP contribution < -0.4 is 4.74 Å². The number of carbonyl (C=O) groups is 3. The molecule has 0 saturated carbocycles. The summed E-state index contributed by atoms with van der Waals surface area (Å²) in [5.74, 6) is -0.250. The number of aromatic nitrogens is 1. The predicted octanol–water partition coefficient (Wildman–Crippen LogP) is 2.13. The van der Waals surface area contributed by atoms with Crippen LogP contribution in [0.3, 0.4) is 0 Å². The van der Waals surface area contributed by atoms with Crippen LogP contribution in [0.1, 0.15) is 43.1 Å². The smallest absolute Gasteiger partial charge is 0.261 e. The monoisotopic (exact) mass is 324 g/mol. The molecule has 1 aromatic heterocycles. The van der Waals surface area contributed by atoms with Gasteiger partial charge >= 0.3 is 0 Å². The van der Waals surface area contributed by atoms with E-state index in [0.717, 1.165) is 5.56 Å². The Morgan fingerprint density at radius 2 is 1.79 bits per heavy atom. The second-order valence-corrected chi connectivity index (χ2v) is 5.42. The number of nitrogens with zero attached hydrogens (tertiary/aromatic N) is 2. The summed E-state index contributed by atoms with van der Waals surface area (Å²) in [6, 6.07) is 8.55. The Labute approximate surface area is 139 Å². The van der Waals surface area contributed by atoms with Crippen molar-refractivity contribution in [1.29, 1.82) is 0 Å². The fourth-order valence-corrected chi connectivity index (χ4v) is 2.87. The van der Waals surface area contributed by atoms with Crippen LogP contribution in [0, 0.1) is 0 Å². The highest BCUT2D eigenvalue weighted by molar-refractivity contribution is 6.21. The molecule has 0 bridgehead atoms. The molecule has 0 atom stereocenters. The topological polar surface area (TPSA) is 76.6 Å². The predicted molar refractivity (Wildman–Crippen MR) is 86.3 cm³/mol. The van der Waals surface area contributed by atoms with Crippen LogP contribution in [0.4, 0.5) is 0 Å². The van der Waals surface area contributed by atoms with Crippen molar-refractivity contribution in [2.45, 2.75) is 12.8 Å². The molecule has 0 radical (unpaired) electrons. The van der Waals surface area contributed by atoms with Crippen LogP contribution in [-0.4, -0.2) is 41.6 Å². The zero-order valence-corrected chi connectivity index (χ0v) is 13.2. The maximum Gasteiger partial charge on any atom is 0.261 e.